The van der Waals surface area contributed by atoms with Crippen molar-refractivity contribution in [1.29, 1.82) is 0 Å². The molecule has 0 aromatic heterocycles. The van der Waals surface area contributed by atoms with Gasteiger partial charge in [-0.3, -0.25) is 10.0 Å². The molecule has 0 heterocycles. The first-order valence-corrected chi connectivity index (χ1v) is 6.18. The van der Waals surface area contributed by atoms with Crippen molar-refractivity contribution in [2.45, 2.75) is 26.7 Å². The summed E-state index contributed by atoms with van der Waals surface area (Å²) in [7, 11) is 0. The summed E-state index contributed by atoms with van der Waals surface area (Å²) in [5, 5.41) is 10.9. The summed E-state index contributed by atoms with van der Waals surface area (Å²) in [6.07, 6.45) is 2.39. The molecule has 108 valence electrons. The van der Waals surface area contributed by atoms with Gasteiger partial charge in [-0.1, -0.05) is 13.3 Å². The quantitative estimate of drug-likeness (QED) is 0.486. The Morgan fingerprint density at radius 3 is 2.58 bits per heavy atom. The van der Waals surface area contributed by atoms with Crippen LogP contribution < -0.4 is 16.5 Å². The van der Waals surface area contributed by atoms with Gasteiger partial charge in [0.15, 0.2) is 0 Å². The van der Waals surface area contributed by atoms with E-state index in [0.29, 0.717) is 11.3 Å². The van der Waals surface area contributed by atoms with Gasteiger partial charge in [0, 0.05) is 5.69 Å². The Kier molecular flexibility index (Phi) is 9.38. The summed E-state index contributed by atoms with van der Waals surface area (Å²) in [5.41, 5.74) is 7.76. The molecule has 0 aliphatic rings. The highest BCUT2D eigenvalue weighted by atomic mass is 19.1. The first-order valence-electron chi connectivity index (χ1n) is 6.18. The number of nitrogens with one attached hydrogen (secondary N) is 2. The molecule has 5 N–H and O–H groups in total. The fourth-order valence-electron chi connectivity index (χ4n) is 1.18. The van der Waals surface area contributed by atoms with E-state index in [1.807, 2.05) is 0 Å². The smallest absolute Gasteiger partial charge is 0.262 e. The molecule has 0 radical (unpaired) electrons. The zero-order chi connectivity index (χ0) is 14.7. The van der Waals surface area contributed by atoms with Crippen molar-refractivity contribution >= 4 is 11.6 Å². The standard InChI is InChI=1S/C9H11FN2O2.C4H11N/c1-6-4-7(2-3-8(6)10)11-5-9(13)12-14;1-2-3-4-5/h2-4,11,14H,5H2,1H3,(H,12,13);2-5H2,1H3. The number of hydrogen-bond acceptors (Lipinski definition) is 4. The second-order valence-corrected chi connectivity index (χ2v) is 3.99. The molecular formula is C13H22FN3O2. The van der Waals surface area contributed by atoms with Crippen LogP contribution in [-0.2, 0) is 4.79 Å². The van der Waals surface area contributed by atoms with Crippen LogP contribution >= 0.6 is 0 Å². The van der Waals surface area contributed by atoms with E-state index >= 15 is 0 Å². The number of amides is 1. The lowest BCUT2D eigenvalue weighted by Crippen LogP contribution is -2.26. The Labute approximate surface area is 113 Å². The maximum absolute atomic E-state index is 12.8. The van der Waals surface area contributed by atoms with Gasteiger partial charge >= 0.3 is 0 Å². The minimum Gasteiger partial charge on any atom is -0.376 e. The summed E-state index contributed by atoms with van der Waals surface area (Å²) < 4.78 is 12.8. The van der Waals surface area contributed by atoms with E-state index in [9.17, 15) is 9.18 Å². The van der Waals surface area contributed by atoms with Crippen molar-refractivity contribution in [2.75, 3.05) is 18.4 Å². The lowest BCUT2D eigenvalue weighted by molar-refractivity contribution is -0.127. The number of unbranched alkanes of at least 4 members (excludes halogenated alkanes) is 1. The number of carbonyl (C=O) groups is 1. The Morgan fingerprint density at radius 1 is 1.47 bits per heavy atom. The SMILES string of the molecule is CCCCN.Cc1cc(NCC(=O)NO)ccc1F. The molecule has 0 saturated carbocycles. The first kappa shape index (κ1) is 17.3. The Bertz CT molecular complexity index is 384. The van der Waals surface area contributed by atoms with Crippen molar-refractivity contribution in [3.63, 3.8) is 0 Å². The van der Waals surface area contributed by atoms with E-state index in [1.54, 1.807) is 13.0 Å². The summed E-state index contributed by atoms with van der Waals surface area (Å²) in [5.74, 6) is -0.839. The van der Waals surface area contributed by atoms with E-state index in [0.717, 1.165) is 6.54 Å². The number of halogens is 1. The lowest BCUT2D eigenvalue weighted by atomic mass is 10.2. The van der Waals surface area contributed by atoms with Crippen molar-refractivity contribution in [2.24, 2.45) is 5.73 Å². The number of nitrogens with two attached hydrogens (primary N) is 1. The third kappa shape index (κ3) is 8.12. The van der Waals surface area contributed by atoms with Crippen molar-refractivity contribution in [1.82, 2.24) is 5.48 Å². The van der Waals surface area contributed by atoms with Crippen LogP contribution in [-0.4, -0.2) is 24.2 Å². The van der Waals surface area contributed by atoms with Gasteiger partial charge in [-0.2, -0.15) is 0 Å². The number of hydrogen-bond donors (Lipinski definition) is 4. The molecule has 0 atom stereocenters. The number of hydroxylamine groups is 1. The average Bonchev–Trinajstić information content (AvgIpc) is 2.41. The van der Waals surface area contributed by atoms with Gasteiger partial charge in [-0.15, -0.1) is 0 Å². The van der Waals surface area contributed by atoms with E-state index < -0.39 is 5.91 Å². The maximum atomic E-state index is 12.8. The van der Waals surface area contributed by atoms with Crippen LogP contribution in [0.4, 0.5) is 10.1 Å². The lowest BCUT2D eigenvalue weighted by Gasteiger charge is -2.05. The van der Waals surface area contributed by atoms with Crippen LogP contribution in [0.25, 0.3) is 0 Å². The highest BCUT2D eigenvalue weighted by molar-refractivity contribution is 5.79. The van der Waals surface area contributed by atoms with Crippen molar-refractivity contribution in [3.05, 3.63) is 29.6 Å². The van der Waals surface area contributed by atoms with Gasteiger partial charge in [0.25, 0.3) is 5.91 Å². The molecule has 1 aromatic carbocycles. The second kappa shape index (κ2) is 10.3. The van der Waals surface area contributed by atoms with Crippen molar-refractivity contribution in [3.8, 4) is 0 Å². The van der Waals surface area contributed by atoms with Crippen LogP contribution in [0.1, 0.15) is 25.3 Å². The normalized spacial score (nSPS) is 9.32. The van der Waals surface area contributed by atoms with Crippen LogP contribution in [0.15, 0.2) is 18.2 Å². The zero-order valence-corrected chi connectivity index (χ0v) is 11.4. The van der Waals surface area contributed by atoms with Gasteiger partial charge < -0.3 is 11.1 Å². The molecule has 0 unspecified atom stereocenters. The van der Waals surface area contributed by atoms with Gasteiger partial charge in [-0.25, -0.2) is 9.87 Å². The number of aryl methyl sites for hydroxylation is 1. The van der Waals surface area contributed by atoms with Crippen LogP contribution in [0.3, 0.4) is 0 Å². The summed E-state index contributed by atoms with van der Waals surface area (Å²) in [4.78, 5) is 10.6. The topological polar surface area (TPSA) is 87.4 Å². The molecule has 0 spiro atoms. The molecule has 0 saturated heterocycles. The molecule has 0 bridgehead atoms. The van der Waals surface area contributed by atoms with Crippen LogP contribution in [0, 0.1) is 12.7 Å². The molecule has 1 rings (SSSR count). The number of rotatable bonds is 5. The van der Waals surface area contributed by atoms with E-state index in [4.69, 9.17) is 10.9 Å². The third-order valence-electron chi connectivity index (χ3n) is 2.29. The highest BCUT2D eigenvalue weighted by Crippen LogP contribution is 2.12. The Balaban J connectivity index is 0.000000555. The number of benzene rings is 1. The molecule has 6 heteroatoms. The van der Waals surface area contributed by atoms with E-state index in [-0.39, 0.29) is 12.4 Å². The highest BCUT2D eigenvalue weighted by Gasteiger charge is 2.01. The van der Waals surface area contributed by atoms with Crippen LogP contribution in [0.5, 0.6) is 0 Å². The molecule has 19 heavy (non-hydrogen) atoms. The minimum absolute atomic E-state index is 0.0540. The van der Waals surface area contributed by atoms with E-state index in [2.05, 4.69) is 12.2 Å². The fraction of sp³-hybridized carbons (Fsp3) is 0.462. The molecule has 0 aliphatic heterocycles. The predicted molar refractivity (Wildman–Crippen MR) is 73.5 cm³/mol. The maximum Gasteiger partial charge on any atom is 0.262 e. The molecule has 0 aliphatic carbocycles. The van der Waals surface area contributed by atoms with Gasteiger partial charge in [0.1, 0.15) is 5.82 Å². The summed E-state index contributed by atoms with van der Waals surface area (Å²) in [6.45, 7) is 4.55. The zero-order valence-electron chi connectivity index (χ0n) is 11.4. The molecule has 5 nitrogen and oxygen atoms in total. The monoisotopic (exact) mass is 271 g/mol. The van der Waals surface area contributed by atoms with Gasteiger partial charge in [0.2, 0.25) is 0 Å². The average molecular weight is 271 g/mol. The minimum atomic E-state index is -0.549. The summed E-state index contributed by atoms with van der Waals surface area (Å²) >= 11 is 0. The second-order valence-electron chi connectivity index (χ2n) is 3.99. The number of carbonyl (C=O) groups excluding carboxylic acids is 1. The van der Waals surface area contributed by atoms with Gasteiger partial charge in [-0.05, 0) is 43.7 Å². The molecule has 0 fully saturated rings. The molecular weight excluding hydrogens is 249 g/mol. The molecule has 1 aromatic rings. The first-order chi connectivity index (χ1) is 9.04. The van der Waals surface area contributed by atoms with Crippen LogP contribution in [0.2, 0.25) is 0 Å². The predicted octanol–water partition coefficient (Wildman–Crippen LogP) is 1.80. The largest absolute Gasteiger partial charge is 0.376 e. The number of anilines is 1. The Morgan fingerprint density at radius 2 is 2.16 bits per heavy atom. The van der Waals surface area contributed by atoms with E-state index in [1.165, 1.54) is 30.5 Å². The Hall–Kier alpha value is -1.66. The summed E-state index contributed by atoms with van der Waals surface area (Å²) in [6, 6.07) is 4.42. The fourth-order valence-corrected chi connectivity index (χ4v) is 1.18. The third-order valence-corrected chi connectivity index (χ3v) is 2.29. The van der Waals surface area contributed by atoms with Crippen molar-refractivity contribution < 1.29 is 14.4 Å². The van der Waals surface area contributed by atoms with Gasteiger partial charge in [0.05, 0.1) is 6.54 Å². The molecule has 1 amide bonds.